The van der Waals surface area contributed by atoms with E-state index in [0.717, 1.165) is 15.6 Å². The molecule has 0 bridgehead atoms. The lowest BCUT2D eigenvalue weighted by atomic mass is 10.1. The maximum absolute atomic E-state index is 11.1. The first kappa shape index (κ1) is 7.80. The van der Waals surface area contributed by atoms with Crippen LogP contribution in [-0.2, 0) is 11.3 Å². The quantitative estimate of drug-likeness (QED) is 0.636. The van der Waals surface area contributed by atoms with Gasteiger partial charge in [0.2, 0.25) is 0 Å². The van der Waals surface area contributed by atoms with Crippen LogP contribution in [0.4, 0.5) is 0 Å². The van der Waals surface area contributed by atoms with Crippen LogP contribution >= 0.6 is 15.9 Å². The van der Waals surface area contributed by atoms with E-state index in [2.05, 4.69) is 15.9 Å². The van der Waals surface area contributed by atoms with Gasteiger partial charge in [-0.15, -0.1) is 0 Å². The van der Waals surface area contributed by atoms with E-state index >= 15 is 0 Å². The van der Waals surface area contributed by atoms with E-state index in [-0.39, 0.29) is 5.97 Å². The summed E-state index contributed by atoms with van der Waals surface area (Å²) in [5, 5.41) is 0. The highest BCUT2D eigenvalue weighted by molar-refractivity contribution is 9.10. The summed E-state index contributed by atoms with van der Waals surface area (Å²) in [7, 11) is 0. The molecule has 2 nitrogen and oxygen atoms in total. The molecular formula is C9H7BrO2. The summed E-state index contributed by atoms with van der Waals surface area (Å²) in [6.07, 6.45) is 0. The van der Waals surface area contributed by atoms with Crippen LogP contribution in [0.5, 0.6) is 0 Å². The number of ether oxygens (including phenoxy) is 1. The van der Waals surface area contributed by atoms with Gasteiger partial charge in [-0.2, -0.15) is 0 Å². The summed E-state index contributed by atoms with van der Waals surface area (Å²) >= 11 is 3.34. The van der Waals surface area contributed by atoms with Crippen molar-refractivity contribution in [2.45, 2.75) is 13.5 Å². The zero-order valence-corrected chi connectivity index (χ0v) is 8.14. The molecule has 2 rings (SSSR count). The maximum atomic E-state index is 11.1. The topological polar surface area (TPSA) is 26.3 Å². The van der Waals surface area contributed by atoms with Crippen LogP contribution in [0.1, 0.15) is 21.5 Å². The Morgan fingerprint density at radius 3 is 3.00 bits per heavy atom. The first-order chi connectivity index (χ1) is 5.68. The molecule has 0 fully saturated rings. The van der Waals surface area contributed by atoms with Crippen LogP contribution in [-0.4, -0.2) is 5.97 Å². The second-order valence-corrected chi connectivity index (χ2v) is 3.74. The van der Waals surface area contributed by atoms with Crippen molar-refractivity contribution in [2.75, 3.05) is 0 Å². The minimum atomic E-state index is -0.214. The Labute approximate surface area is 78.7 Å². The van der Waals surface area contributed by atoms with Crippen molar-refractivity contribution in [1.82, 2.24) is 0 Å². The number of aryl methyl sites for hydroxylation is 1. The largest absolute Gasteiger partial charge is 0.457 e. The van der Waals surface area contributed by atoms with Crippen LogP contribution in [0.25, 0.3) is 0 Å². The lowest BCUT2D eigenvalue weighted by Gasteiger charge is -1.99. The molecule has 0 aliphatic carbocycles. The standard InChI is InChI=1S/C9H7BrO2/c1-5-2-6(10)3-7-8(5)4-12-9(7)11/h2-3H,4H2,1H3. The third-order valence-corrected chi connectivity index (χ3v) is 2.46. The molecule has 1 aliphatic rings. The van der Waals surface area contributed by atoms with E-state index < -0.39 is 0 Å². The van der Waals surface area contributed by atoms with Gasteiger partial charge >= 0.3 is 5.97 Å². The highest BCUT2D eigenvalue weighted by atomic mass is 79.9. The number of hydrogen-bond acceptors (Lipinski definition) is 2. The van der Waals surface area contributed by atoms with Gasteiger partial charge in [0.25, 0.3) is 0 Å². The van der Waals surface area contributed by atoms with Crippen molar-refractivity contribution >= 4 is 21.9 Å². The van der Waals surface area contributed by atoms with E-state index in [0.29, 0.717) is 12.2 Å². The van der Waals surface area contributed by atoms with E-state index in [4.69, 9.17) is 4.74 Å². The molecule has 1 heterocycles. The molecule has 0 radical (unpaired) electrons. The van der Waals surface area contributed by atoms with Crippen molar-refractivity contribution in [1.29, 1.82) is 0 Å². The maximum Gasteiger partial charge on any atom is 0.338 e. The highest BCUT2D eigenvalue weighted by Gasteiger charge is 2.22. The van der Waals surface area contributed by atoms with E-state index in [1.165, 1.54) is 0 Å². The Bertz CT molecular complexity index is 358. The van der Waals surface area contributed by atoms with Gasteiger partial charge in [-0.25, -0.2) is 4.79 Å². The Morgan fingerprint density at radius 2 is 2.25 bits per heavy atom. The molecule has 0 saturated heterocycles. The molecule has 1 aromatic rings. The second-order valence-electron chi connectivity index (χ2n) is 2.82. The molecule has 62 valence electrons. The molecule has 1 aliphatic heterocycles. The summed E-state index contributed by atoms with van der Waals surface area (Å²) < 4.78 is 5.83. The zero-order valence-electron chi connectivity index (χ0n) is 6.56. The fraction of sp³-hybridized carbons (Fsp3) is 0.222. The van der Waals surface area contributed by atoms with Gasteiger partial charge < -0.3 is 4.74 Å². The van der Waals surface area contributed by atoms with E-state index in [1.54, 1.807) is 6.07 Å². The number of cyclic esters (lactones) is 1. The predicted molar refractivity (Wildman–Crippen MR) is 48.0 cm³/mol. The molecule has 0 atom stereocenters. The van der Waals surface area contributed by atoms with Gasteiger partial charge in [0.1, 0.15) is 6.61 Å². The number of carbonyl (C=O) groups excluding carboxylic acids is 1. The lowest BCUT2D eigenvalue weighted by molar-refractivity contribution is 0.0535. The average molecular weight is 227 g/mol. The Balaban J connectivity index is 2.68. The molecule has 0 aromatic heterocycles. The van der Waals surface area contributed by atoms with Crippen molar-refractivity contribution in [2.24, 2.45) is 0 Å². The fourth-order valence-corrected chi connectivity index (χ4v) is 1.93. The smallest absolute Gasteiger partial charge is 0.338 e. The van der Waals surface area contributed by atoms with Crippen LogP contribution < -0.4 is 0 Å². The molecule has 3 heteroatoms. The average Bonchev–Trinajstić information content (AvgIpc) is 2.33. The highest BCUT2D eigenvalue weighted by Crippen LogP contribution is 2.26. The SMILES string of the molecule is Cc1cc(Br)cc2c1COC2=O. The minimum absolute atomic E-state index is 0.214. The second kappa shape index (κ2) is 2.59. The summed E-state index contributed by atoms with van der Waals surface area (Å²) in [6.45, 7) is 2.40. The number of esters is 1. The third-order valence-electron chi connectivity index (χ3n) is 2.01. The van der Waals surface area contributed by atoms with Gasteiger partial charge in [0.15, 0.2) is 0 Å². The summed E-state index contributed by atoms with van der Waals surface area (Å²) in [6, 6.07) is 3.79. The van der Waals surface area contributed by atoms with Gasteiger partial charge in [0, 0.05) is 10.0 Å². The molecule has 0 spiro atoms. The molecule has 0 unspecified atom stereocenters. The molecule has 12 heavy (non-hydrogen) atoms. The summed E-state index contributed by atoms with van der Waals surface area (Å²) in [5.74, 6) is -0.214. The van der Waals surface area contributed by atoms with Gasteiger partial charge in [-0.05, 0) is 24.6 Å². The fourth-order valence-electron chi connectivity index (χ4n) is 1.36. The number of halogens is 1. The lowest BCUT2D eigenvalue weighted by Crippen LogP contribution is -1.93. The van der Waals surface area contributed by atoms with E-state index in [1.807, 2.05) is 13.0 Å². The van der Waals surface area contributed by atoms with Crippen LogP contribution in [0.3, 0.4) is 0 Å². The molecule has 0 amide bonds. The summed E-state index contributed by atoms with van der Waals surface area (Å²) in [4.78, 5) is 11.1. The monoisotopic (exact) mass is 226 g/mol. The molecule has 0 N–H and O–H groups in total. The van der Waals surface area contributed by atoms with Gasteiger partial charge in [0.05, 0.1) is 5.56 Å². The normalized spacial score (nSPS) is 14.3. The number of carbonyl (C=O) groups is 1. The van der Waals surface area contributed by atoms with Crippen LogP contribution in [0.15, 0.2) is 16.6 Å². The van der Waals surface area contributed by atoms with Crippen molar-refractivity contribution in [3.05, 3.63) is 33.3 Å². The molecular weight excluding hydrogens is 220 g/mol. The van der Waals surface area contributed by atoms with Crippen LogP contribution in [0, 0.1) is 6.92 Å². The van der Waals surface area contributed by atoms with E-state index in [9.17, 15) is 4.79 Å². The Morgan fingerprint density at radius 1 is 1.50 bits per heavy atom. The third kappa shape index (κ3) is 1.05. The summed E-state index contributed by atoms with van der Waals surface area (Å²) in [5.41, 5.74) is 2.82. The first-order valence-corrected chi connectivity index (χ1v) is 4.44. The van der Waals surface area contributed by atoms with Crippen molar-refractivity contribution < 1.29 is 9.53 Å². The van der Waals surface area contributed by atoms with Crippen molar-refractivity contribution in [3.63, 3.8) is 0 Å². The first-order valence-electron chi connectivity index (χ1n) is 3.64. The Kier molecular flexibility index (Phi) is 1.68. The number of hydrogen-bond donors (Lipinski definition) is 0. The minimum Gasteiger partial charge on any atom is -0.457 e. The number of rotatable bonds is 0. The number of fused-ring (bicyclic) bond motifs is 1. The predicted octanol–water partition coefficient (Wildman–Crippen LogP) is 2.43. The van der Waals surface area contributed by atoms with Gasteiger partial charge in [-0.3, -0.25) is 0 Å². The molecule has 0 saturated carbocycles. The van der Waals surface area contributed by atoms with Crippen molar-refractivity contribution in [3.8, 4) is 0 Å². The van der Waals surface area contributed by atoms with Crippen LogP contribution in [0.2, 0.25) is 0 Å². The van der Waals surface area contributed by atoms with Gasteiger partial charge in [-0.1, -0.05) is 15.9 Å². The number of benzene rings is 1. The zero-order chi connectivity index (χ0) is 8.72. The molecule has 1 aromatic carbocycles. The Hall–Kier alpha value is -0.830.